The Morgan fingerprint density at radius 2 is 2.00 bits per heavy atom. The molecule has 3 rings (SSSR count). The Bertz CT molecular complexity index is 884. The minimum Gasteiger partial charge on any atom is -0.380 e. The number of benzene rings is 1. The van der Waals surface area contributed by atoms with Crippen LogP contribution in [0.15, 0.2) is 61.2 Å². The number of carbonyl (C=O) groups excluding carboxylic acids is 1. The van der Waals surface area contributed by atoms with Crippen LogP contribution in [0.2, 0.25) is 5.02 Å². The van der Waals surface area contributed by atoms with Crippen molar-refractivity contribution in [3.63, 3.8) is 0 Å². The molecule has 25 heavy (non-hydrogen) atoms. The van der Waals surface area contributed by atoms with Crippen LogP contribution in [0.4, 0.5) is 11.4 Å². The van der Waals surface area contributed by atoms with Gasteiger partial charge in [0.15, 0.2) is 0 Å². The molecule has 0 saturated carbocycles. The van der Waals surface area contributed by atoms with E-state index in [0.29, 0.717) is 22.8 Å². The van der Waals surface area contributed by atoms with E-state index in [0.717, 1.165) is 16.8 Å². The first-order valence-corrected chi connectivity index (χ1v) is 8.15. The third-order valence-electron chi connectivity index (χ3n) is 3.67. The minimum absolute atomic E-state index is 0.233. The van der Waals surface area contributed by atoms with Crippen molar-refractivity contribution in [3.8, 4) is 0 Å². The number of anilines is 2. The third-order valence-corrected chi connectivity index (χ3v) is 3.90. The minimum atomic E-state index is -0.233. The van der Waals surface area contributed by atoms with Crippen LogP contribution in [0.5, 0.6) is 0 Å². The summed E-state index contributed by atoms with van der Waals surface area (Å²) < 4.78 is 0. The van der Waals surface area contributed by atoms with Crippen molar-refractivity contribution >= 4 is 28.9 Å². The summed E-state index contributed by atoms with van der Waals surface area (Å²) in [6.07, 6.45) is 6.73. The highest BCUT2D eigenvalue weighted by Crippen LogP contribution is 2.21. The van der Waals surface area contributed by atoms with Gasteiger partial charge in [-0.3, -0.25) is 14.8 Å². The topological polar surface area (TPSA) is 66.9 Å². The molecule has 2 N–H and O–H groups in total. The average molecular weight is 353 g/mol. The Balaban J connectivity index is 1.70. The summed E-state index contributed by atoms with van der Waals surface area (Å²) in [7, 11) is 0. The van der Waals surface area contributed by atoms with Gasteiger partial charge in [-0.15, -0.1) is 0 Å². The molecule has 3 aromatic rings. The van der Waals surface area contributed by atoms with E-state index in [2.05, 4.69) is 20.6 Å². The normalized spacial score (nSPS) is 10.3. The quantitative estimate of drug-likeness (QED) is 0.718. The number of pyridine rings is 2. The van der Waals surface area contributed by atoms with Gasteiger partial charge in [0, 0.05) is 42.0 Å². The zero-order valence-corrected chi connectivity index (χ0v) is 14.4. The van der Waals surface area contributed by atoms with Crippen LogP contribution in [0.3, 0.4) is 0 Å². The van der Waals surface area contributed by atoms with Crippen LogP contribution in [-0.2, 0) is 6.54 Å². The second kappa shape index (κ2) is 7.77. The number of amides is 1. The number of nitrogens with zero attached hydrogens (tertiary/aromatic N) is 2. The van der Waals surface area contributed by atoms with E-state index in [-0.39, 0.29) is 5.91 Å². The Labute approximate surface area is 151 Å². The summed E-state index contributed by atoms with van der Waals surface area (Å²) in [4.78, 5) is 20.7. The smallest absolute Gasteiger partial charge is 0.257 e. The lowest BCUT2D eigenvalue weighted by molar-refractivity contribution is 0.102. The monoisotopic (exact) mass is 352 g/mol. The van der Waals surface area contributed by atoms with Crippen molar-refractivity contribution in [1.82, 2.24) is 9.97 Å². The van der Waals surface area contributed by atoms with Crippen LogP contribution in [0.1, 0.15) is 21.5 Å². The number of aromatic nitrogens is 2. The number of carbonyl (C=O) groups is 1. The molecule has 0 saturated heterocycles. The molecular weight excluding hydrogens is 336 g/mol. The lowest BCUT2D eigenvalue weighted by atomic mass is 10.2. The predicted molar refractivity (Wildman–Crippen MR) is 99.9 cm³/mol. The van der Waals surface area contributed by atoms with E-state index in [1.165, 1.54) is 6.20 Å². The van der Waals surface area contributed by atoms with Crippen molar-refractivity contribution in [3.05, 3.63) is 82.9 Å². The van der Waals surface area contributed by atoms with Crippen LogP contribution in [0.25, 0.3) is 0 Å². The lowest BCUT2D eigenvalue weighted by Gasteiger charge is -2.10. The van der Waals surface area contributed by atoms with Crippen LogP contribution in [-0.4, -0.2) is 15.9 Å². The molecule has 0 unspecified atom stereocenters. The highest BCUT2D eigenvalue weighted by molar-refractivity contribution is 6.31. The maximum absolute atomic E-state index is 12.5. The number of aryl methyl sites for hydroxylation is 1. The molecule has 126 valence electrons. The number of rotatable bonds is 5. The summed E-state index contributed by atoms with van der Waals surface area (Å²) in [5.74, 6) is -0.233. The summed E-state index contributed by atoms with van der Waals surface area (Å²) in [5.41, 5.74) is 3.91. The fourth-order valence-electron chi connectivity index (χ4n) is 2.29. The van der Waals surface area contributed by atoms with Gasteiger partial charge in [-0.25, -0.2) is 0 Å². The Hall–Kier alpha value is -2.92. The first-order chi connectivity index (χ1) is 12.1. The maximum atomic E-state index is 12.5. The SMILES string of the molecule is Cc1ccc(Cl)cc1NC(=O)c1cncc(NCc2cccnc2)c1. The third kappa shape index (κ3) is 4.55. The molecule has 1 amide bonds. The lowest BCUT2D eigenvalue weighted by Crippen LogP contribution is -2.13. The first-order valence-electron chi connectivity index (χ1n) is 7.77. The fourth-order valence-corrected chi connectivity index (χ4v) is 2.46. The standard InChI is InChI=1S/C19H17ClN4O/c1-13-4-5-16(20)8-18(13)24-19(25)15-7-17(12-22-11-15)23-10-14-3-2-6-21-9-14/h2-9,11-12,23H,10H2,1H3,(H,24,25). The molecule has 2 aromatic heterocycles. The summed E-state index contributed by atoms with van der Waals surface area (Å²) in [6.45, 7) is 2.52. The second-order valence-electron chi connectivity index (χ2n) is 5.59. The fraction of sp³-hybridized carbons (Fsp3) is 0.105. The zero-order chi connectivity index (χ0) is 17.6. The average Bonchev–Trinajstić information content (AvgIpc) is 2.64. The van der Waals surface area contributed by atoms with Gasteiger partial charge in [0.25, 0.3) is 5.91 Å². The molecule has 0 atom stereocenters. The highest BCUT2D eigenvalue weighted by Gasteiger charge is 2.09. The summed E-state index contributed by atoms with van der Waals surface area (Å²) in [6, 6.07) is 11.0. The van der Waals surface area contributed by atoms with Crippen LogP contribution >= 0.6 is 11.6 Å². The maximum Gasteiger partial charge on any atom is 0.257 e. The van der Waals surface area contributed by atoms with Gasteiger partial charge >= 0.3 is 0 Å². The molecule has 5 nitrogen and oxygen atoms in total. The second-order valence-corrected chi connectivity index (χ2v) is 6.03. The molecule has 0 bridgehead atoms. The van der Waals surface area contributed by atoms with Crippen molar-refractivity contribution in [2.24, 2.45) is 0 Å². The van der Waals surface area contributed by atoms with E-state index >= 15 is 0 Å². The molecule has 0 fully saturated rings. The van der Waals surface area contributed by atoms with Crippen LogP contribution in [0, 0.1) is 6.92 Å². The number of hydrogen-bond donors (Lipinski definition) is 2. The van der Waals surface area contributed by atoms with Crippen molar-refractivity contribution < 1.29 is 4.79 Å². The van der Waals surface area contributed by atoms with Gasteiger partial charge in [0.05, 0.1) is 11.3 Å². The molecule has 0 spiro atoms. The summed E-state index contributed by atoms with van der Waals surface area (Å²) >= 11 is 5.99. The van der Waals surface area contributed by atoms with E-state index in [1.807, 2.05) is 25.1 Å². The Morgan fingerprint density at radius 1 is 1.12 bits per heavy atom. The Morgan fingerprint density at radius 3 is 2.80 bits per heavy atom. The van der Waals surface area contributed by atoms with E-state index in [4.69, 9.17) is 11.6 Å². The van der Waals surface area contributed by atoms with E-state index < -0.39 is 0 Å². The van der Waals surface area contributed by atoms with Crippen LogP contribution < -0.4 is 10.6 Å². The molecule has 6 heteroatoms. The van der Waals surface area contributed by atoms with E-state index in [9.17, 15) is 4.79 Å². The largest absolute Gasteiger partial charge is 0.380 e. The highest BCUT2D eigenvalue weighted by atomic mass is 35.5. The Kier molecular flexibility index (Phi) is 5.26. The predicted octanol–water partition coefficient (Wildman–Crippen LogP) is 4.30. The van der Waals surface area contributed by atoms with Gasteiger partial charge in [-0.2, -0.15) is 0 Å². The molecule has 0 aliphatic rings. The first kappa shape index (κ1) is 16.9. The number of hydrogen-bond acceptors (Lipinski definition) is 4. The molecule has 0 radical (unpaired) electrons. The molecule has 1 aromatic carbocycles. The number of nitrogens with one attached hydrogen (secondary N) is 2. The van der Waals surface area contributed by atoms with Crippen molar-refractivity contribution in [1.29, 1.82) is 0 Å². The zero-order valence-electron chi connectivity index (χ0n) is 13.7. The van der Waals surface area contributed by atoms with Crippen molar-refractivity contribution in [2.45, 2.75) is 13.5 Å². The van der Waals surface area contributed by atoms with Gasteiger partial charge in [0.2, 0.25) is 0 Å². The van der Waals surface area contributed by atoms with Gasteiger partial charge in [-0.1, -0.05) is 23.7 Å². The van der Waals surface area contributed by atoms with Gasteiger partial charge in [0.1, 0.15) is 0 Å². The van der Waals surface area contributed by atoms with Gasteiger partial charge in [-0.05, 0) is 42.3 Å². The summed E-state index contributed by atoms with van der Waals surface area (Å²) in [5, 5.41) is 6.68. The molecule has 0 aliphatic carbocycles. The van der Waals surface area contributed by atoms with Gasteiger partial charge < -0.3 is 10.6 Å². The molecular formula is C19H17ClN4O. The number of halogens is 1. The van der Waals surface area contributed by atoms with Crippen molar-refractivity contribution in [2.75, 3.05) is 10.6 Å². The molecule has 2 heterocycles. The molecule has 0 aliphatic heterocycles. The van der Waals surface area contributed by atoms with E-state index in [1.54, 1.807) is 36.8 Å².